The summed E-state index contributed by atoms with van der Waals surface area (Å²) in [6, 6.07) is 9.56. The molecule has 1 amide bonds. The van der Waals surface area contributed by atoms with Gasteiger partial charge in [-0.2, -0.15) is 4.31 Å². The molecule has 0 bridgehead atoms. The molecule has 7 heteroatoms. The van der Waals surface area contributed by atoms with Crippen LogP contribution in [0.3, 0.4) is 0 Å². The lowest BCUT2D eigenvalue weighted by molar-refractivity contribution is -0.138. The van der Waals surface area contributed by atoms with Gasteiger partial charge in [-0.15, -0.1) is 0 Å². The molecule has 0 spiro atoms. The second-order valence-electron chi connectivity index (χ2n) is 7.03. The van der Waals surface area contributed by atoms with Gasteiger partial charge < -0.3 is 4.90 Å². The van der Waals surface area contributed by atoms with Gasteiger partial charge in [0.25, 0.3) is 0 Å². The smallest absolute Gasteiger partial charge is 0.244 e. The summed E-state index contributed by atoms with van der Waals surface area (Å²) < 4.78 is 25.8. The lowest BCUT2D eigenvalue weighted by Crippen LogP contribution is -2.53. The molecule has 1 unspecified atom stereocenters. The molecule has 0 aromatic heterocycles. The molecule has 0 N–H and O–H groups in total. The molecule has 26 heavy (non-hydrogen) atoms. The fraction of sp³-hybridized carbons (Fsp3) is 0.632. The maximum Gasteiger partial charge on any atom is 0.244 e. The van der Waals surface area contributed by atoms with Gasteiger partial charge in [-0.3, -0.25) is 9.69 Å². The fourth-order valence-electron chi connectivity index (χ4n) is 3.85. The standard InChI is InChI=1S/C19H29N3O3S/c1-2-26(24,25)22-15-13-20(14-16-22)18(17-9-5-3-6-10-17)19(23)21-11-7-4-8-12-21/h3,5-6,9-10,18H,2,4,7-8,11-16H2,1H3. The Morgan fingerprint density at radius 1 is 0.962 bits per heavy atom. The van der Waals surface area contributed by atoms with E-state index >= 15 is 0 Å². The first-order valence-corrected chi connectivity index (χ1v) is 11.2. The summed E-state index contributed by atoms with van der Waals surface area (Å²) in [7, 11) is -3.16. The molecular formula is C19H29N3O3S. The first-order valence-electron chi connectivity index (χ1n) is 9.58. The van der Waals surface area contributed by atoms with E-state index < -0.39 is 10.0 Å². The topological polar surface area (TPSA) is 60.9 Å². The highest BCUT2D eigenvalue weighted by molar-refractivity contribution is 7.89. The Morgan fingerprint density at radius 2 is 1.58 bits per heavy atom. The van der Waals surface area contributed by atoms with E-state index in [1.165, 1.54) is 6.42 Å². The van der Waals surface area contributed by atoms with Gasteiger partial charge in [0.2, 0.25) is 15.9 Å². The minimum Gasteiger partial charge on any atom is -0.341 e. The Labute approximate surface area is 156 Å². The number of piperazine rings is 1. The normalized spacial score (nSPS) is 21.5. The van der Waals surface area contributed by atoms with Gasteiger partial charge in [0, 0.05) is 39.3 Å². The Bertz CT molecular complexity index is 694. The van der Waals surface area contributed by atoms with Crippen molar-refractivity contribution >= 4 is 15.9 Å². The third-order valence-electron chi connectivity index (χ3n) is 5.41. The average Bonchev–Trinajstić information content (AvgIpc) is 2.70. The Kier molecular flexibility index (Phi) is 6.32. The lowest BCUT2D eigenvalue weighted by atomic mass is 10.0. The summed E-state index contributed by atoms with van der Waals surface area (Å²) in [6.45, 7) is 5.39. The summed E-state index contributed by atoms with van der Waals surface area (Å²) in [5, 5.41) is 0. The second-order valence-corrected chi connectivity index (χ2v) is 9.29. The van der Waals surface area contributed by atoms with Crippen molar-refractivity contribution in [2.45, 2.75) is 32.2 Å². The number of rotatable bonds is 5. The van der Waals surface area contributed by atoms with E-state index in [9.17, 15) is 13.2 Å². The molecule has 1 aromatic carbocycles. The predicted molar refractivity (Wildman–Crippen MR) is 102 cm³/mol. The van der Waals surface area contributed by atoms with Crippen molar-refractivity contribution in [1.29, 1.82) is 0 Å². The van der Waals surface area contributed by atoms with Crippen molar-refractivity contribution in [3.8, 4) is 0 Å². The van der Waals surface area contributed by atoms with Crippen LogP contribution in [0.15, 0.2) is 30.3 Å². The number of carbonyl (C=O) groups excluding carboxylic acids is 1. The largest absolute Gasteiger partial charge is 0.341 e. The van der Waals surface area contributed by atoms with Crippen LogP contribution in [-0.2, 0) is 14.8 Å². The number of amides is 1. The van der Waals surface area contributed by atoms with Gasteiger partial charge in [0.05, 0.1) is 5.75 Å². The third-order valence-corrected chi connectivity index (χ3v) is 7.30. The first kappa shape index (κ1) is 19.3. The molecule has 1 atom stereocenters. The summed E-state index contributed by atoms with van der Waals surface area (Å²) in [5.74, 6) is 0.282. The molecule has 3 rings (SSSR count). The quantitative estimate of drug-likeness (QED) is 0.781. The van der Waals surface area contributed by atoms with Crippen LogP contribution >= 0.6 is 0 Å². The molecule has 144 valence electrons. The third kappa shape index (κ3) is 4.27. The second kappa shape index (κ2) is 8.50. The predicted octanol–water partition coefficient (Wildman–Crippen LogP) is 1.71. The molecule has 0 aliphatic carbocycles. The SMILES string of the molecule is CCS(=O)(=O)N1CCN(C(C(=O)N2CCCCC2)c2ccccc2)CC1. The van der Waals surface area contributed by atoms with Crippen molar-refractivity contribution in [1.82, 2.24) is 14.1 Å². The van der Waals surface area contributed by atoms with Gasteiger partial charge in [0.15, 0.2) is 0 Å². The molecule has 6 nitrogen and oxygen atoms in total. The summed E-state index contributed by atoms with van der Waals surface area (Å²) >= 11 is 0. The zero-order chi connectivity index (χ0) is 18.6. The zero-order valence-electron chi connectivity index (χ0n) is 15.5. The molecule has 0 radical (unpaired) electrons. The van der Waals surface area contributed by atoms with Crippen molar-refractivity contribution in [2.75, 3.05) is 45.0 Å². The van der Waals surface area contributed by atoms with E-state index in [4.69, 9.17) is 0 Å². The Hall–Kier alpha value is -1.44. The molecule has 2 aliphatic heterocycles. The van der Waals surface area contributed by atoms with E-state index in [1.807, 2.05) is 35.2 Å². The van der Waals surface area contributed by atoms with E-state index in [0.29, 0.717) is 26.2 Å². The molecule has 2 heterocycles. The van der Waals surface area contributed by atoms with Crippen LogP contribution in [-0.4, -0.2) is 73.5 Å². The lowest BCUT2D eigenvalue weighted by Gasteiger charge is -2.40. The number of piperidine rings is 1. The Balaban J connectivity index is 1.77. The highest BCUT2D eigenvalue weighted by Crippen LogP contribution is 2.26. The molecule has 0 saturated carbocycles. The summed E-state index contributed by atoms with van der Waals surface area (Å²) in [6.07, 6.45) is 3.32. The highest BCUT2D eigenvalue weighted by atomic mass is 32.2. The number of benzene rings is 1. The monoisotopic (exact) mass is 379 g/mol. The molecular weight excluding hydrogens is 350 g/mol. The van der Waals surface area contributed by atoms with E-state index in [1.54, 1.807) is 11.2 Å². The van der Waals surface area contributed by atoms with Crippen LogP contribution in [0.1, 0.15) is 37.8 Å². The molecule has 2 fully saturated rings. The van der Waals surface area contributed by atoms with Crippen LogP contribution in [0.5, 0.6) is 0 Å². The van der Waals surface area contributed by atoms with Crippen LogP contribution in [0, 0.1) is 0 Å². The number of hydrogen-bond donors (Lipinski definition) is 0. The number of sulfonamides is 1. The Morgan fingerprint density at radius 3 is 2.15 bits per heavy atom. The van der Waals surface area contributed by atoms with Crippen LogP contribution in [0.25, 0.3) is 0 Å². The van der Waals surface area contributed by atoms with E-state index in [-0.39, 0.29) is 17.7 Å². The molecule has 2 aliphatic rings. The zero-order valence-corrected chi connectivity index (χ0v) is 16.3. The van der Waals surface area contributed by atoms with Crippen LogP contribution < -0.4 is 0 Å². The highest BCUT2D eigenvalue weighted by Gasteiger charge is 2.35. The number of nitrogens with zero attached hydrogens (tertiary/aromatic N) is 3. The van der Waals surface area contributed by atoms with Gasteiger partial charge in [-0.25, -0.2) is 8.42 Å². The van der Waals surface area contributed by atoms with Crippen LogP contribution in [0.2, 0.25) is 0 Å². The van der Waals surface area contributed by atoms with Gasteiger partial charge in [-0.05, 0) is 31.7 Å². The minimum atomic E-state index is -3.16. The number of hydrogen-bond acceptors (Lipinski definition) is 4. The molecule has 1 aromatic rings. The molecule has 2 saturated heterocycles. The average molecular weight is 380 g/mol. The van der Waals surface area contributed by atoms with E-state index in [0.717, 1.165) is 31.5 Å². The van der Waals surface area contributed by atoms with Gasteiger partial charge in [-0.1, -0.05) is 30.3 Å². The maximum atomic E-state index is 13.3. The van der Waals surface area contributed by atoms with Crippen LogP contribution in [0.4, 0.5) is 0 Å². The fourth-order valence-corrected chi connectivity index (χ4v) is 4.94. The first-order chi connectivity index (χ1) is 12.5. The summed E-state index contributed by atoms with van der Waals surface area (Å²) in [4.78, 5) is 17.4. The van der Waals surface area contributed by atoms with Gasteiger partial charge >= 0.3 is 0 Å². The van der Waals surface area contributed by atoms with Crippen molar-refractivity contribution < 1.29 is 13.2 Å². The van der Waals surface area contributed by atoms with Crippen molar-refractivity contribution in [3.05, 3.63) is 35.9 Å². The van der Waals surface area contributed by atoms with Crippen molar-refractivity contribution in [3.63, 3.8) is 0 Å². The van der Waals surface area contributed by atoms with Gasteiger partial charge in [0.1, 0.15) is 6.04 Å². The summed E-state index contributed by atoms with van der Waals surface area (Å²) in [5.41, 5.74) is 0.995. The van der Waals surface area contributed by atoms with E-state index in [2.05, 4.69) is 4.90 Å². The van der Waals surface area contributed by atoms with Crippen molar-refractivity contribution in [2.24, 2.45) is 0 Å². The number of likely N-dealkylation sites (tertiary alicyclic amines) is 1. The number of carbonyl (C=O) groups is 1. The minimum absolute atomic E-state index is 0.127. The maximum absolute atomic E-state index is 13.3.